The molecule has 0 spiro atoms. The van der Waals surface area contributed by atoms with Gasteiger partial charge in [0.1, 0.15) is 5.78 Å². The average Bonchev–Trinajstić information content (AvgIpc) is 3.43. The van der Waals surface area contributed by atoms with E-state index in [9.17, 15) is 19.2 Å². The monoisotopic (exact) mass is 1120 g/mol. The zero-order chi connectivity index (χ0) is 57.4. The molecule has 0 fully saturated rings. The molecule has 11 nitrogen and oxygen atoms in total. The van der Waals surface area contributed by atoms with E-state index in [1.807, 2.05) is 0 Å². The molecule has 0 aliphatic rings. The minimum Gasteiger partial charge on any atom is -0.466 e. The molecule has 0 rings (SSSR count). The molecule has 0 aromatic carbocycles. The maximum atomic E-state index is 12.7. The summed E-state index contributed by atoms with van der Waals surface area (Å²) in [4.78, 5) is 54.3. The summed E-state index contributed by atoms with van der Waals surface area (Å²) in [6.45, 7) is 18.3. The molecule has 0 radical (unpaired) electrons. The van der Waals surface area contributed by atoms with Crippen LogP contribution >= 0.6 is 0 Å². The van der Waals surface area contributed by atoms with Crippen molar-refractivity contribution < 1.29 is 33.4 Å². The number of Topliss-reactive ketones (excluding diaryl/α,β-unsaturated/α-hetero) is 1. The van der Waals surface area contributed by atoms with E-state index >= 15 is 0 Å². The van der Waals surface area contributed by atoms with Gasteiger partial charge in [-0.05, 0) is 78.0 Å². The van der Waals surface area contributed by atoms with Crippen LogP contribution < -0.4 is 10.6 Å². The van der Waals surface area contributed by atoms with E-state index in [4.69, 9.17) is 14.2 Å². The third-order valence-electron chi connectivity index (χ3n) is 15.8. The Labute approximate surface area is 490 Å². The standard InChI is InChI=1S/C68H134N4O7/c1-5-8-11-14-17-20-23-26-29-32-35-38-41-62-77-66(74)49-45-57-71(56-44-48-65(4)73)60-54-69-52-53-70-55-61-72(58-46-50-67(75)78-63-42-39-36-33-30-27-24-21-18-15-12-9-6-2)59-47-51-68(76)79-64-43-40-37-34-31-28-25-22-19-16-13-10-7-3/h69-70H,5-64H2,1-4H3. The predicted molar refractivity (Wildman–Crippen MR) is 336 cm³/mol. The fourth-order valence-corrected chi connectivity index (χ4v) is 10.6. The van der Waals surface area contributed by atoms with Crippen molar-refractivity contribution in [1.29, 1.82) is 0 Å². The van der Waals surface area contributed by atoms with Crippen molar-refractivity contribution in [1.82, 2.24) is 20.4 Å². The van der Waals surface area contributed by atoms with E-state index < -0.39 is 0 Å². The number of carbonyl (C=O) groups is 4. The van der Waals surface area contributed by atoms with Crippen LogP contribution in [0.5, 0.6) is 0 Å². The first kappa shape index (κ1) is 76.9. The number of ether oxygens (including phenoxy) is 3. The molecule has 0 aliphatic heterocycles. The lowest BCUT2D eigenvalue weighted by molar-refractivity contribution is -0.145. The highest BCUT2D eigenvalue weighted by atomic mass is 16.5. The van der Waals surface area contributed by atoms with Crippen molar-refractivity contribution in [3.8, 4) is 0 Å². The Morgan fingerprint density at radius 1 is 0.266 bits per heavy atom. The Kier molecular flexibility index (Phi) is 63.4. The Bertz CT molecular complexity index is 1240. The van der Waals surface area contributed by atoms with E-state index in [1.165, 1.54) is 212 Å². The normalized spacial score (nSPS) is 11.6. The van der Waals surface area contributed by atoms with Gasteiger partial charge in [-0.15, -0.1) is 0 Å². The van der Waals surface area contributed by atoms with Gasteiger partial charge in [-0.3, -0.25) is 14.4 Å². The predicted octanol–water partition coefficient (Wildman–Crippen LogP) is 17.4. The summed E-state index contributed by atoms with van der Waals surface area (Å²) in [5.74, 6) is -0.0817. The fraction of sp³-hybridized carbons (Fsp3) is 0.941. The smallest absolute Gasteiger partial charge is 0.305 e. The third kappa shape index (κ3) is 63.4. The SMILES string of the molecule is CCCCCCCCCCCCCCCOC(=O)CCCN(CCCC(C)=O)CCNCCNCCN(CCCC(=O)OCCCCCCCCCCCCCCC)CCCC(=O)OCCCCCCCCCCCCCCC. The van der Waals surface area contributed by atoms with Crippen LogP contribution in [0.2, 0.25) is 0 Å². The molecule has 0 unspecified atom stereocenters. The van der Waals surface area contributed by atoms with Crippen molar-refractivity contribution >= 4 is 23.7 Å². The van der Waals surface area contributed by atoms with E-state index in [-0.39, 0.29) is 23.7 Å². The molecule has 0 aromatic heterocycles. The Balaban J connectivity index is 4.55. The third-order valence-corrected chi connectivity index (χ3v) is 15.8. The van der Waals surface area contributed by atoms with Gasteiger partial charge in [0.25, 0.3) is 0 Å². The molecule has 0 saturated carbocycles. The van der Waals surface area contributed by atoms with Crippen LogP contribution in [0.25, 0.3) is 0 Å². The van der Waals surface area contributed by atoms with E-state index in [0.717, 1.165) is 130 Å². The van der Waals surface area contributed by atoms with Gasteiger partial charge in [-0.2, -0.15) is 0 Å². The Morgan fingerprint density at radius 2 is 0.481 bits per heavy atom. The summed E-state index contributed by atoms with van der Waals surface area (Å²) in [6, 6.07) is 0. The summed E-state index contributed by atoms with van der Waals surface area (Å²) < 4.78 is 16.8. The van der Waals surface area contributed by atoms with E-state index in [0.29, 0.717) is 45.5 Å². The highest BCUT2D eigenvalue weighted by molar-refractivity contribution is 5.75. The lowest BCUT2D eigenvalue weighted by Gasteiger charge is -2.23. The molecule has 0 aliphatic carbocycles. The van der Waals surface area contributed by atoms with Crippen LogP contribution in [0.4, 0.5) is 0 Å². The van der Waals surface area contributed by atoms with Crippen molar-refractivity contribution in [2.75, 3.05) is 85.3 Å². The Hall–Kier alpha value is -2.08. The maximum Gasteiger partial charge on any atom is 0.305 e. The van der Waals surface area contributed by atoms with Crippen LogP contribution in [-0.4, -0.2) is 119 Å². The zero-order valence-corrected chi connectivity index (χ0v) is 53.2. The van der Waals surface area contributed by atoms with Gasteiger partial charge < -0.3 is 39.4 Å². The first-order valence-corrected chi connectivity index (χ1v) is 34.6. The van der Waals surface area contributed by atoms with Crippen LogP contribution in [0.3, 0.4) is 0 Å². The molecule has 11 heteroatoms. The van der Waals surface area contributed by atoms with Crippen molar-refractivity contribution in [2.45, 2.75) is 329 Å². The summed E-state index contributed by atoms with van der Waals surface area (Å²) in [5, 5.41) is 7.17. The van der Waals surface area contributed by atoms with Gasteiger partial charge in [0, 0.05) is 65.0 Å². The summed E-state index contributed by atoms with van der Waals surface area (Å²) in [7, 11) is 0. The molecular weight excluding hydrogens is 985 g/mol. The molecule has 0 heterocycles. The highest BCUT2D eigenvalue weighted by Gasteiger charge is 2.12. The molecule has 468 valence electrons. The van der Waals surface area contributed by atoms with Gasteiger partial charge in [0.05, 0.1) is 19.8 Å². The Morgan fingerprint density at radius 3 is 0.709 bits per heavy atom. The van der Waals surface area contributed by atoms with E-state index in [2.05, 4.69) is 41.2 Å². The maximum absolute atomic E-state index is 12.7. The molecule has 2 N–H and O–H groups in total. The van der Waals surface area contributed by atoms with E-state index in [1.54, 1.807) is 6.92 Å². The van der Waals surface area contributed by atoms with Crippen LogP contribution in [0.1, 0.15) is 329 Å². The first-order valence-electron chi connectivity index (χ1n) is 34.6. The van der Waals surface area contributed by atoms with Gasteiger partial charge in [-0.25, -0.2) is 0 Å². The van der Waals surface area contributed by atoms with Crippen molar-refractivity contribution in [3.63, 3.8) is 0 Å². The second kappa shape index (κ2) is 65.1. The molecule has 0 bridgehead atoms. The second-order valence-electron chi connectivity index (χ2n) is 23.7. The molecule has 79 heavy (non-hydrogen) atoms. The molecule has 0 amide bonds. The van der Waals surface area contributed by atoms with Crippen molar-refractivity contribution in [3.05, 3.63) is 0 Å². The summed E-state index contributed by atoms with van der Waals surface area (Å²) in [6.07, 6.45) is 55.7. The van der Waals surface area contributed by atoms with Crippen LogP contribution in [0, 0.1) is 0 Å². The largest absolute Gasteiger partial charge is 0.466 e. The van der Waals surface area contributed by atoms with Crippen LogP contribution in [-0.2, 0) is 33.4 Å². The topological polar surface area (TPSA) is 127 Å². The summed E-state index contributed by atoms with van der Waals surface area (Å²) >= 11 is 0. The number of ketones is 1. The quantitative estimate of drug-likeness (QED) is 0.0343. The average molecular weight is 1120 g/mol. The number of nitrogens with one attached hydrogen (secondary N) is 2. The zero-order valence-electron chi connectivity index (χ0n) is 53.2. The number of hydrogen-bond acceptors (Lipinski definition) is 11. The van der Waals surface area contributed by atoms with Crippen molar-refractivity contribution in [2.24, 2.45) is 0 Å². The van der Waals surface area contributed by atoms with Gasteiger partial charge >= 0.3 is 17.9 Å². The number of esters is 3. The van der Waals surface area contributed by atoms with Gasteiger partial charge in [0.15, 0.2) is 0 Å². The second-order valence-corrected chi connectivity index (χ2v) is 23.7. The number of unbranched alkanes of at least 4 members (excludes halogenated alkanes) is 36. The van der Waals surface area contributed by atoms with Crippen LogP contribution in [0.15, 0.2) is 0 Å². The van der Waals surface area contributed by atoms with Gasteiger partial charge in [-0.1, -0.05) is 252 Å². The van der Waals surface area contributed by atoms with Gasteiger partial charge in [0.2, 0.25) is 0 Å². The molecule has 0 atom stereocenters. The molecule has 0 saturated heterocycles. The lowest BCUT2D eigenvalue weighted by Crippen LogP contribution is -2.38. The number of nitrogens with zero attached hydrogens (tertiary/aromatic N) is 2. The minimum atomic E-state index is -0.102. The molecular formula is C68H134N4O7. The molecule has 0 aromatic rings. The summed E-state index contributed by atoms with van der Waals surface area (Å²) in [5.41, 5.74) is 0. The first-order chi connectivity index (χ1) is 38.8. The number of rotatable bonds is 67. The number of hydrogen-bond donors (Lipinski definition) is 2. The minimum absolute atomic E-state index is 0.0961. The number of carbonyl (C=O) groups excluding carboxylic acids is 4. The highest BCUT2D eigenvalue weighted by Crippen LogP contribution is 2.16. The fourth-order valence-electron chi connectivity index (χ4n) is 10.6. The lowest BCUT2D eigenvalue weighted by atomic mass is 10.0.